The molecular formula is C101H138N12O18SSi. The molecule has 7 aromatic carbocycles. The van der Waals surface area contributed by atoms with Gasteiger partial charge in [-0.3, -0.25) is 47.9 Å². The molecule has 133 heavy (non-hydrogen) atoms. The molecule has 7 rings (SSSR count). The molecule has 0 spiro atoms. The Kier molecular flexibility index (Phi) is 42.6. The number of unbranched alkanes of at least 4 members (excludes halogenated alkanes) is 5. The Morgan fingerprint density at radius 2 is 0.714 bits per heavy atom. The average Bonchev–Trinajstić information content (AvgIpc) is 0.756. The van der Waals surface area contributed by atoms with E-state index in [4.69, 9.17) is 9.47 Å². The lowest BCUT2D eigenvalue weighted by atomic mass is 9.77. The van der Waals surface area contributed by atoms with Crippen LogP contribution in [0.15, 0.2) is 212 Å². The first kappa shape index (κ1) is 108. The smallest absolute Gasteiger partial charge is 0.408 e. The molecule has 0 aliphatic carbocycles. The van der Waals surface area contributed by atoms with Gasteiger partial charge < -0.3 is 78.2 Å². The van der Waals surface area contributed by atoms with Crippen LogP contribution in [-0.2, 0) is 89.9 Å². The lowest BCUT2D eigenvalue weighted by molar-refractivity contribution is -0.151. The van der Waals surface area contributed by atoms with E-state index in [0.29, 0.717) is 57.8 Å². The van der Waals surface area contributed by atoms with Crippen molar-refractivity contribution in [2.24, 2.45) is 11.8 Å². The zero-order valence-electron chi connectivity index (χ0n) is 79.1. The van der Waals surface area contributed by atoms with Gasteiger partial charge in [-0.25, -0.2) is 22.7 Å². The number of rotatable bonds is 53. The van der Waals surface area contributed by atoms with Crippen molar-refractivity contribution >= 4 is 89.2 Å². The molecule has 11 amide bonds. The van der Waals surface area contributed by atoms with E-state index in [2.05, 4.69) is 63.2 Å². The van der Waals surface area contributed by atoms with Gasteiger partial charge in [0.1, 0.15) is 77.7 Å². The third-order valence-electron chi connectivity index (χ3n) is 22.3. The summed E-state index contributed by atoms with van der Waals surface area (Å²) in [7, 11) is -5.73. The highest BCUT2D eigenvalue weighted by molar-refractivity contribution is 7.89. The minimum Gasteiger partial charge on any atom is -0.459 e. The van der Waals surface area contributed by atoms with Gasteiger partial charge in [0.15, 0.2) is 0 Å². The Bertz CT molecular complexity index is 4820. The Labute approximate surface area is 784 Å². The minimum absolute atomic E-state index is 0.0214. The first-order valence-corrected chi connectivity index (χ1v) is 51.3. The van der Waals surface area contributed by atoms with E-state index in [1.165, 1.54) is 13.8 Å². The van der Waals surface area contributed by atoms with Crippen molar-refractivity contribution in [2.75, 3.05) is 12.3 Å². The molecule has 0 heterocycles. The van der Waals surface area contributed by atoms with Gasteiger partial charge in [0, 0.05) is 14.6 Å². The van der Waals surface area contributed by atoms with Crippen molar-refractivity contribution in [3.63, 3.8) is 0 Å². The highest BCUT2D eigenvalue weighted by Crippen LogP contribution is 2.39. The van der Waals surface area contributed by atoms with Gasteiger partial charge >= 0.3 is 12.1 Å². The maximum atomic E-state index is 15.7. The molecule has 0 saturated heterocycles. The number of hydrogen-bond acceptors (Lipinski definition) is 18. The van der Waals surface area contributed by atoms with Gasteiger partial charge in [0.05, 0.1) is 30.8 Å². The van der Waals surface area contributed by atoms with Crippen molar-refractivity contribution in [1.82, 2.24) is 63.2 Å². The molecule has 720 valence electrons. The van der Waals surface area contributed by atoms with Crippen LogP contribution in [0.25, 0.3) is 0 Å². The van der Waals surface area contributed by atoms with E-state index in [1.807, 2.05) is 168 Å². The van der Waals surface area contributed by atoms with Gasteiger partial charge in [-0.2, -0.15) is 0 Å². The number of hydrogen-bond donors (Lipinski definition) is 14. The van der Waals surface area contributed by atoms with Crippen LogP contribution >= 0.6 is 0 Å². The number of amides is 11. The predicted octanol–water partition coefficient (Wildman–Crippen LogP) is 10.2. The number of benzene rings is 7. The Balaban J connectivity index is 1.23. The van der Waals surface area contributed by atoms with Crippen LogP contribution in [-0.4, -0.2) is 182 Å². The van der Waals surface area contributed by atoms with Crippen LogP contribution in [0, 0.1) is 11.8 Å². The Morgan fingerprint density at radius 3 is 1.11 bits per heavy atom. The Morgan fingerprint density at radius 1 is 0.383 bits per heavy atom. The van der Waals surface area contributed by atoms with Crippen LogP contribution in [0.2, 0.25) is 25.7 Å². The lowest BCUT2D eigenvalue weighted by Crippen LogP contribution is -2.62. The second kappa shape index (κ2) is 52.5. The zero-order chi connectivity index (χ0) is 97.6. The highest BCUT2D eigenvalue weighted by atomic mass is 32.2. The fraction of sp³-hybridized carbons (Fsp3) is 0.465. The van der Waals surface area contributed by atoms with Crippen LogP contribution in [0.5, 0.6) is 0 Å². The van der Waals surface area contributed by atoms with Crippen molar-refractivity contribution in [2.45, 2.75) is 275 Å². The summed E-state index contributed by atoms with van der Waals surface area (Å²) in [6.07, 6.45) is -1.85. The number of aliphatic hydroxyl groups is 2. The molecule has 30 nitrogen and oxygen atoms in total. The van der Waals surface area contributed by atoms with E-state index in [0.717, 1.165) is 32.6 Å². The van der Waals surface area contributed by atoms with Gasteiger partial charge in [0.2, 0.25) is 69.1 Å². The molecule has 11 atom stereocenters. The summed E-state index contributed by atoms with van der Waals surface area (Å²) >= 11 is 0. The average molecular weight is 1870 g/mol. The van der Waals surface area contributed by atoms with Crippen LogP contribution in [0.1, 0.15) is 199 Å². The van der Waals surface area contributed by atoms with E-state index >= 15 is 28.8 Å². The minimum atomic E-state index is -3.86. The number of esters is 1. The van der Waals surface area contributed by atoms with Gasteiger partial charge in [-0.05, 0) is 130 Å². The largest absolute Gasteiger partial charge is 0.459 e. The van der Waals surface area contributed by atoms with Crippen LogP contribution in [0.3, 0.4) is 0 Å². The maximum Gasteiger partial charge on any atom is 0.408 e. The molecule has 14 N–H and O–H groups in total. The van der Waals surface area contributed by atoms with Crippen molar-refractivity contribution in [3.8, 4) is 0 Å². The summed E-state index contributed by atoms with van der Waals surface area (Å²) < 4.78 is 40.7. The van der Waals surface area contributed by atoms with E-state index in [1.54, 1.807) is 120 Å². The summed E-state index contributed by atoms with van der Waals surface area (Å²) in [6, 6.07) is 48.6. The maximum absolute atomic E-state index is 15.7. The molecule has 0 fully saturated rings. The highest BCUT2D eigenvalue weighted by Gasteiger charge is 2.44. The molecule has 7 aromatic rings. The zero-order valence-corrected chi connectivity index (χ0v) is 80.9. The summed E-state index contributed by atoms with van der Waals surface area (Å²) in [5, 5.41) is 52.6. The monoisotopic (exact) mass is 1870 g/mol. The quantitative estimate of drug-likeness (QED) is 0.00729. The topological polar surface area (TPSA) is 442 Å². The predicted molar refractivity (Wildman–Crippen MR) is 514 cm³/mol. The molecule has 0 saturated carbocycles. The van der Waals surface area contributed by atoms with E-state index in [9.17, 15) is 47.4 Å². The lowest BCUT2D eigenvalue weighted by Gasteiger charge is -2.37. The first-order valence-electron chi connectivity index (χ1n) is 46.0. The molecule has 0 aliphatic rings. The summed E-state index contributed by atoms with van der Waals surface area (Å²) in [4.78, 5) is 178. The SMILES string of the molecule is CCCCCCCC[C@@H](NC(=O)[C@@H](CC(C)C)NC(=O)[C@@H](NC(=O)[C@@H](CC(C)C)NC(=O)OC(C)(C)C)[C@@H](C)O)C(=O)N[C@@H](CCCNS(=O)(=O)CC[Si](C)(C)C)C(=O)N[C@H](C(=O)N[C@@H](C)C(=O)N[C@@H](CC(=O)NC(c1ccccc1)(c1ccccc1)c1ccccc1)C(=O)N[C@H](CC(=O)NC(c1ccccc1)(c1ccccc1)c1ccccc1)C(=O)OCc1ccccc1)[C@@H](C)O. The number of ether oxygens (including phenoxy) is 2. The third kappa shape index (κ3) is 34.9. The number of alkyl carbamates (subject to hydrolysis) is 1. The van der Waals surface area contributed by atoms with Gasteiger partial charge in [-0.1, -0.05) is 305 Å². The van der Waals surface area contributed by atoms with Crippen LogP contribution < -0.4 is 63.2 Å². The Hall–Kier alpha value is -12.0. The van der Waals surface area contributed by atoms with E-state index < -0.39 is 185 Å². The molecule has 0 aromatic heterocycles. The van der Waals surface area contributed by atoms with Crippen molar-refractivity contribution in [1.29, 1.82) is 0 Å². The molecular weight excluding hydrogens is 1730 g/mol. The van der Waals surface area contributed by atoms with Gasteiger partial charge in [0.25, 0.3) is 0 Å². The first-order chi connectivity index (χ1) is 63.0. The van der Waals surface area contributed by atoms with E-state index in [-0.39, 0.29) is 62.8 Å². The number of carbonyl (C=O) groups excluding carboxylic acids is 12. The molecule has 0 unspecified atom stereocenters. The molecule has 0 aliphatic heterocycles. The number of nitrogens with one attached hydrogen (secondary N) is 12. The van der Waals surface area contributed by atoms with Gasteiger partial charge in [-0.15, -0.1) is 0 Å². The van der Waals surface area contributed by atoms with Crippen molar-refractivity contribution < 1.29 is 85.6 Å². The molecule has 0 bridgehead atoms. The van der Waals surface area contributed by atoms with Crippen LogP contribution in [0.4, 0.5) is 4.79 Å². The third-order valence-corrected chi connectivity index (χ3v) is 25.8. The summed E-state index contributed by atoms with van der Waals surface area (Å²) in [6.45, 7) is 23.3. The summed E-state index contributed by atoms with van der Waals surface area (Å²) in [5.74, 6) is -11.5. The normalized spacial score (nSPS) is 14.3. The van der Waals surface area contributed by atoms with Crippen molar-refractivity contribution in [3.05, 3.63) is 251 Å². The fourth-order valence-electron chi connectivity index (χ4n) is 15.3. The molecule has 0 radical (unpaired) electrons. The fourth-order valence-corrected chi connectivity index (χ4v) is 19.4. The molecule has 32 heteroatoms. The second-order valence-corrected chi connectivity index (χ2v) is 44.5. The number of sulfonamides is 1. The summed E-state index contributed by atoms with van der Waals surface area (Å²) in [5.41, 5.74) is 0.367. The second-order valence-electron chi connectivity index (χ2n) is 37.0. The number of carbonyl (C=O) groups is 12. The standard InChI is InChI=1S/C101H138N12O18SSi/c1-15-16-17-18-19-41-57-79(105-92(121)81(62-67(2)3)107-96(125)88(71(8)115)111-94(123)82(63-68(4)5)109-98(127)131-99(9,10)11)90(119)104-80(58-42-59-102-132(128,129)60-61-133(12,13)14)91(120)110-87(70(7)114)95(124)103-69(6)89(118)106-83(64-85(116)112-100(73-45-29-21-30-46-73,74-47-31-22-32-48-74)75-49-33-23-34-50-75)93(122)108-84(97(126)130-66-72-43-27-20-28-44-72)65-86(117)113-101(76-51-35-24-36-52-76,77-53-37-25-38-54-77)78-55-39-26-40-56-78/h20-40,43-56,67-71,79-84,87-88,102,114-115H,15-19,41-42,57-66H2,1-14H3,(H,103,124)(H,104,119)(H,105,121)(H,106,118)(H,107,125)(H,108,122)(H,109,127)(H,110,120)(H,111,123)(H,112,116)(H,113,117)/t69-,70+,71+,79+,80-,81+,82+,83-,84+,87-,88-/m0/s1. The number of aliphatic hydroxyl groups excluding tert-OH is 2.